The fourth-order valence-corrected chi connectivity index (χ4v) is 9.69. The molecule has 8 rings (SSSR count). The fraction of sp³-hybridized carbons (Fsp3) is 0.769. The first-order chi connectivity index (χ1) is 15.7. The normalized spacial score (nSPS) is 56.2. The van der Waals surface area contributed by atoms with E-state index in [1.165, 1.54) is 6.07 Å². The lowest BCUT2D eigenvalue weighted by atomic mass is 9.40. The molecule has 1 aromatic rings. The van der Waals surface area contributed by atoms with Crippen LogP contribution in [-0.2, 0) is 19.0 Å². The number of hydrogen-bond donors (Lipinski definition) is 1. The molecule has 1 N–H and O–H groups in total. The molecule has 7 heteroatoms. The van der Waals surface area contributed by atoms with E-state index in [0.717, 1.165) is 50.4 Å². The SMILES string of the molecule is CC12OC3CC(O1)C1(C=O)C4CCC5(C)C(c6ccc(=O)oc6)CCC5(O)C4CCC1(C3)O2. The van der Waals surface area contributed by atoms with Gasteiger partial charge in [-0.15, -0.1) is 0 Å². The topological polar surface area (TPSA) is 95.2 Å². The summed E-state index contributed by atoms with van der Waals surface area (Å²) in [7, 11) is 0. The van der Waals surface area contributed by atoms with Gasteiger partial charge >= 0.3 is 5.63 Å². The van der Waals surface area contributed by atoms with Gasteiger partial charge < -0.3 is 28.5 Å². The van der Waals surface area contributed by atoms with Crippen LogP contribution >= 0.6 is 0 Å². The number of carbonyl (C=O) groups is 1. The highest BCUT2D eigenvalue weighted by Gasteiger charge is 2.79. The Labute approximate surface area is 192 Å². The second-order valence-corrected chi connectivity index (χ2v) is 11.9. The van der Waals surface area contributed by atoms with Gasteiger partial charge in [0.15, 0.2) is 0 Å². The van der Waals surface area contributed by atoms with Gasteiger partial charge in [0, 0.05) is 31.2 Å². The Morgan fingerprint density at radius 2 is 1.88 bits per heavy atom. The third-order valence-corrected chi connectivity index (χ3v) is 10.9. The molecule has 3 aliphatic heterocycles. The molecule has 1 spiro atoms. The van der Waals surface area contributed by atoms with Gasteiger partial charge in [0.2, 0.25) is 0 Å². The zero-order valence-corrected chi connectivity index (χ0v) is 19.2. The molecule has 0 radical (unpaired) electrons. The average Bonchev–Trinajstić information content (AvgIpc) is 3.04. The van der Waals surface area contributed by atoms with E-state index in [1.807, 2.05) is 13.0 Å². The molecule has 7 nitrogen and oxygen atoms in total. The summed E-state index contributed by atoms with van der Waals surface area (Å²) in [4.78, 5) is 24.6. The van der Waals surface area contributed by atoms with E-state index in [9.17, 15) is 14.7 Å². The van der Waals surface area contributed by atoms with Crippen LogP contribution in [0.3, 0.4) is 0 Å². The number of rotatable bonds is 2. The Morgan fingerprint density at radius 3 is 2.61 bits per heavy atom. The summed E-state index contributed by atoms with van der Waals surface area (Å²) in [6.07, 6.45) is 8.74. The molecule has 10 unspecified atom stereocenters. The minimum atomic E-state index is -1.07. The number of aldehydes is 1. The lowest BCUT2D eigenvalue weighted by Crippen LogP contribution is -2.81. The maximum absolute atomic E-state index is 13.1. The maximum atomic E-state index is 13.1. The van der Waals surface area contributed by atoms with Gasteiger partial charge in [0.25, 0.3) is 5.97 Å². The van der Waals surface area contributed by atoms with Gasteiger partial charge in [-0.2, -0.15) is 0 Å². The number of carbonyl (C=O) groups excluding carboxylic acids is 1. The highest BCUT2D eigenvalue weighted by Crippen LogP contribution is 2.74. The molecule has 3 saturated heterocycles. The molecule has 4 heterocycles. The number of aliphatic hydroxyl groups is 1. The molecule has 10 atom stereocenters. The Bertz CT molecular complexity index is 1060. The molecular formula is C26H32O7. The Balaban J connectivity index is 1.30. The predicted octanol–water partition coefficient (Wildman–Crippen LogP) is 3.28. The molecule has 1 aromatic heterocycles. The Hall–Kier alpha value is -1.54. The van der Waals surface area contributed by atoms with Gasteiger partial charge in [-0.3, -0.25) is 0 Å². The van der Waals surface area contributed by atoms with Crippen molar-refractivity contribution in [2.24, 2.45) is 22.7 Å². The second kappa shape index (κ2) is 6.17. The van der Waals surface area contributed by atoms with Crippen molar-refractivity contribution in [2.45, 2.75) is 101 Å². The number of hydrogen-bond acceptors (Lipinski definition) is 7. The van der Waals surface area contributed by atoms with Crippen molar-refractivity contribution in [2.75, 3.05) is 0 Å². The van der Waals surface area contributed by atoms with Gasteiger partial charge in [-0.25, -0.2) is 4.79 Å². The first-order valence-electron chi connectivity index (χ1n) is 12.5. The van der Waals surface area contributed by atoms with E-state index in [-0.39, 0.29) is 41.0 Å². The quantitative estimate of drug-likeness (QED) is 0.683. The first kappa shape index (κ1) is 20.8. The minimum Gasteiger partial charge on any atom is -0.431 e. The summed E-state index contributed by atoms with van der Waals surface area (Å²) < 4.78 is 24.0. The van der Waals surface area contributed by atoms with Crippen LogP contribution in [0, 0.1) is 22.7 Å². The molecule has 4 bridgehead atoms. The van der Waals surface area contributed by atoms with Crippen LogP contribution in [0.5, 0.6) is 0 Å². The summed E-state index contributed by atoms with van der Waals surface area (Å²) in [5, 5.41) is 12.4. The summed E-state index contributed by atoms with van der Waals surface area (Å²) in [6.45, 7) is 4.03. The van der Waals surface area contributed by atoms with Crippen LogP contribution in [0.4, 0.5) is 0 Å². The zero-order chi connectivity index (χ0) is 22.9. The number of fused-ring (bicyclic) bond motifs is 3. The van der Waals surface area contributed by atoms with Crippen molar-refractivity contribution in [3.05, 3.63) is 34.4 Å². The summed E-state index contributed by atoms with van der Waals surface area (Å²) in [5.74, 6) is -0.927. The van der Waals surface area contributed by atoms with Crippen molar-refractivity contribution >= 4 is 6.29 Å². The summed E-state index contributed by atoms with van der Waals surface area (Å²) in [5.41, 5.74) is -1.92. The van der Waals surface area contributed by atoms with Gasteiger partial charge in [0.1, 0.15) is 6.29 Å². The molecule has 0 aromatic carbocycles. The van der Waals surface area contributed by atoms with E-state index in [2.05, 4.69) is 6.92 Å². The third kappa shape index (κ3) is 2.26. The van der Waals surface area contributed by atoms with Crippen LogP contribution < -0.4 is 5.63 Å². The van der Waals surface area contributed by atoms with Gasteiger partial charge in [-0.1, -0.05) is 6.92 Å². The lowest BCUT2D eigenvalue weighted by molar-refractivity contribution is -0.542. The molecule has 0 amide bonds. The van der Waals surface area contributed by atoms with E-state index < -0.39 is 22.6 Å². The largest absolute Gasteiger partial charge is 0.431 e. The van der Waals surface area contributed by atoms with E-state index in [1.54, 1.807) is 6.26 Å². The molecule has 4 saturated carbocycles. The van der Waals surface area contributed by atoms with Gasteiger partial charge in [0.05, 0.1) is 35.1 Å². The van der Waals surface area contributed by atoms with E-state index >= 15 is 0 Å². The zero-order valence-electron chi connectivity index (χ0n) is 19.2. The number of ether oxygens (including phenoxy) is 3. The Morgan fingerprint density at radius 1 is 1.06 bits per heavy atom. The highest BCUT2D eigenvalue weighted by atomic mass is 16.9. The fourth-order valence-electron chi connectivity index (χ4n) is 9.69. The van der Waals surface area contributed by atoms with Crippen LogP contribution in [0.15, 0.2) is 27.6 Å². The van der Waals surface area contributed by atoms with E-state index in [0.29, 0.717) is 12.8 Å². The molecule has 4 aliphatic carbocycles. The van der Waals surface area contributed by atoms with E-state index in [4.69, 9.17) is 18.6 Å². The van der Waals surface area contributed by atoms with Crippen LogP contribution in [0.25, 0.3) is 0 Å². The van der Waals surface area contributed by atoms with Gasteiger partial charge in [-0.05, 0) is 67.9 Å². The molecule has 178 valence electrons. The van der Waals surface area contributed by atoms with Crippen LogP contribution in [0.1, 0.15) is 76.7 Å². The van der Waals surface area contributed by atoms with Crippen molar-refractivity contribution in [1.29, 1.82) is 0 Å². The summed E-state index contributed by atoms with van der Waals surface area (Å²) >= 11 is 0. The van der Waals surface area contributed by atoms with Crippen LogP contribution in [-0.4, -0.2) is 40.8 Å². The standard InChI is InChI=1S/C26H32O7/c1-22-8-5-18-19(26(22,29)10-7-17(22)15-3-4-21(28)30-13-15)6-9-24-12-16-11-20(25(18,24)14-27)32-23(2,31-16)33-24/h3-4,13-14,16-20,29H,5-12H2,1-2H3. The smallest absolute Gasteiger partial charge is 0.335 e. The second-order valence-electron chi connectivity index (χ2n) is 11.9. The monoisotopic (exact) mass is 456 g/mol. The van der Waals surface area contributed by atoms with Crippen molar-refractivity contribution in [3.8, 4) is 0 Å². The first-order valence-corrected chi connectivity index (χ1v) is 12.5. The third-order valence-electron chi connectivity index (χ3n) is 10.9. The molecule has 7 aliphatic rings. The Kier molecular flexibility index (Phi) is 3.89. The van der Waals surface area contributed by atoms with Crippen molar-refractivity contribution in [3.63, 3.8) is 0 Å². The van der Waals surface area contributed by atoms with Crippen molar-refractivity contribution < 1.29 is 28.5 Å². The minimum absolute atomic E-state index is 0.00578. The van der Waals surface area contributed by atoms with Crippen LogP contribution in [0.2, 0.25) is 0 Å². The van der Waals surface area contributed by atoms with Crippen molar-refractivity contribution in [1.82, 2.24) is 0 Å². The predicted molar refractivity (Wildman–Crippen MR) is 115 cm³/mol. The lowest BCUT2D eigenvalue weighted by Gasteiger charge is -2.73. The average molecular weight is 457 g/mol. The maximum Gasteiger partial charge on any atom is 0.335 e. The molecule has 33 heavy (non-hydrogen) atoms. The molecular weight excluding hydrogens is 424 g/mol. The summed E-state index contributed by atoms with van der Waals surface area (Å²) in [6, 6.07) is 3.32. The molecule has 7 fully saturated rings. The highest BCUT2D eigenvalue weighted by molar-refractivity contribution is 5.66.